The van der Waals surface area contributed by atoms with Crippen molar-refractivity contribution in [3.63, 3.8) is 0 Å². The molecule has 0 saturated carbocycles. The van der Waals surface area contributed by atoms with E-state index < -0.39 is 21.8 Å². The summed E-state index contributed by atoms with van der Waals surface area (Å²) < 4.78 is 23.2. The molecular formula is C15H24N4O5S. The molecule has 2 N–H and O–H groups in total. The van der Waals surface area contributed by atoms with Crippen LogP contribution in [-0.4, -0.2) is 67.5 Å². The number of nitrogens with zero attached hydrogens (tertiary/aromatic N) is 2. The third-order valence-electron chi connectivity index (χ3n) is 4.11. The third kappa shape index (κ3) is 5.25. The van der Waals surface area contributed by atoms with E-state index in [0.29, 0.717) is 13.0 Å². The Labute approximate surface area is 147 Å². The van der Waals surface area contributed by atoms with Crippen LogP contribution < -0.4 is 10.6 Å². The number of carbonyl (C=O) groups is 3. The second kappa shape index (κ2) is 7.94. The summed E-state index contributed by atoms with van der Waals surface area (Å²) in [6, 6.07) is -0.495. The molecular weight excluding hydrogens is 348 g/mol. The Kier molecular flexibility index (Phi) is 6.15. The number of carbonyl (C=O) groups excluding carboxylic acids is 3. The van der Waals surface area contributed by atoms with Gasteiger partial charge in [-0.3, -0.25) is 14.4 Å². The summed E-state index contributed by atoms with van der Waals surface area (Å²) in [7, 11) is -3.14. The third-order valence-corrected chi connectivity index (χ3v) is 5.86. The molecule has 2 rings (SSSR count). The average Bonchev–Trinajstić information content (AvgIpc) is 2.91. The molecule has 140 valence electrons. The molecule has 0 aliphatic carbocycles. The zero-order valence-electron chi connectivity index (χ0n) is 14.4. The van der Waals surface area contributed by atoms with Crippen LogP contribution in [0.25, 0.3) is 0 Å². The van der Waals surface area contributed by atoms with Crippen LogP contribution in [0, 0.1) is 5.92 Å². The highest BCUT2D eigenvalue weighted by molar-refractivity contribution is 7.91. The van der Waals surface area contributed by atoms with Crippen molar-refractivity contribution in [3.05, 3.63) is 0 Å². The largest absolute Gasteiger partial charge is 0.354 e. The summed E-state index contributed by atoms with van der Waals surface area (Å²) >= 11 is 0. The lowest BCUT2D eigenvalue weighted by atomic mass is 10.1. The summed E-state index contributed by atoms with van der Waals surface area (Å²) in [5, 5.41) is 10.6. The van der Waals surface area contributed by atoms with Crippen LogP contribution >= 0.6 is 0 Å². The Morgan fingerprint density at radius 2 is 1.92 bits per heavy atom. The van der Waals surface area contributed by atoms with E-state index in [-0.39, 0.29) is 54.3 Å². The maximum atomic E-state index is 12.2. The second-order valence-electron chi connectivity index (χ2n) is 6.54. The molecule has 0 aromatic carbocycles. The Bertz CT molecular complexity index is 686. The zero-order valence-corrected chi connectivity index (χ0v) is 15.3. The Hall–Kier alpha value is -1.97. The summed E-state index contributed by atoms with van der Waals surface area (Å²) in [6.45, 7) is 4.11. The first-order valence-electron chi connectivity index (χ1n) is 8.35. The van der Waals surface area contributed by atoms with Crippen LogP contribution in [-0.2, 0) is 24.2 Å². The van der Waals surface area contributed by atoms with E-state index in [1.807, 2.05) is 0 Å². The number of amides is 3. The van der Waals surface area contributed by atoms with Crippen molar-refractivity contribution in [2.45, 2.75) is 39.2 Å². The Balaban J connectivity index is 1.90. The van der Waals surface area contributed by atoms with E-state index in [0.717, 1.165) is 5.01 Å². The summed E-state index contributed by atoms with van der Waals surface area (Å²) in [5.41, 5.74) is 0.207. The monoisotopic (exact) mass is 372 g/mol. The summed E-state index contributed by atoms with van der Waals surface area (Å²) in [6.07, 6.45) is 0.694. The summed E-state index contributed by atoms with van der Waals surface area (Å²) in [4.78, 5) is 35.6. The molecule has 2 aliphatic heterocycles. The van der Waals surface area contributed by atoms with Crippen LogP contribution in [0.4, 0.5) is 0 Å². The van der Waals surface area contributed by atoms with E-state index >= 15 is 0 Å². The minimum absolute atomic E-state index is 0.0358. The quantitative estimate of drug-likeness (QED) is 0.581. The molecule has 1 atom stereocenters. The van der Waals surface area contributed by atoms with Gasteiger partial charge in [0.15, 0.2) is 9.84 Å². The van der Waals surface area contributed by atoms with Gasteiger partial charge in [0.2, 0.25) is 11.8 Å². The highest BCUT2D eigenvalue weighted by atomic mass is 32.2. The fourth-order valence-corrected chi connectivity index (χ4v) is 4.35. The second-order valence-corrected chi connectivity index (χ2v) is 8.77. The topological polar surface area (TPSA) is 125 Å². The average molecular weight is 372 g/mol. The number of rotatable bonds is 6. The molecule has 0 spiro atoms. The number of sulfone groups is 1. The van der Waals surface area contributed by atoms with Crippen LogP contribution in [0.1, 0.15) is 33.1 Å². The first kappa shape index (κ1) is 19.4. The van der Waals surface area contributed by atoms with Crippen molar-refractivity contribution in [1.29, 1.82) is 0 Å². The van der Waals surface area contributed by atoms with Crippen LogP contribution in [0.5, 0.6) is 0 Å². The summed E-state index contributed by atoms with van der Waals surface area (Å²) in [5.74, 6) is -0.962. The number of hydrazone groups is 1. The van der Waals surface area contributed by atoms with Gasteiger partial charge in [-0.25, -0.2) is 13.4 Å². The smallest absolute Gasteiger partial charge is 0.267 e. The molecule has 1 saturated heterocycles. The highest BCUT2D eigenvalue weighted by Crippen LogP contribution is 2.22. The SMILES string of the molecule is CC(C)C(=O)NCCNC(=O)C1=NN(C2CCS(=O)(=O)C2)C(=O)CC1. The maximum absolute atomic E-state index is 12.2. The Morgan fingerprint density at radius 1 is 1.24 bits per heavy atom. The van der Waals surface area contributed by atoms with Gasteiger partial charge in [-0.2, -0.15) is 5.10 Å². The lowest BCUT2D eigenvalue weighted by molar-refractivity contribution is -0.133. The van der Waals surface area contributed by atoms with Crippen molar-refractivity contribution < 1.29 is 22.8 Å². The van der Waals surface area contributed by atoms with Crippen molar-refractivity contribution in [2.75, 3.05) is 24.6 Å². The first-order valence-corrected chi connectivity index (χ1v) is 10.2. The van der Waals surface area contributed by atoms with Crippen molar-refractivity contribution >= 4 is 33.3 Å². The molecule has 2 heterocycles. The van der Waals surface area contributed by atoms with Gasteiger partial charge in [0.25, 0.3) is 5.91 Å². The van der Waals surface area contributed by atoms with E-state index in [4.69, 9.17) is 0 Å². The van der Waals surface area contributed by atoms with Gasteiger partial charge in [0.05, 0.1) is 17.5 Å². The van der Waals surface area contributed by atoms with Crippen LogP contribution in [0.2, 0.25) is 0 Å². The minimum atomic E-state index is -3.14. The fourth-order valence-electron chi connectivity index (χ4n) is 2.66. The number of hydrogen-bond acceptors (Lipinski definition) is 6. The predicted molar refractivity (Wildman–Crippen MR) is 91.4 cm³/mol. The first-order chi connectivity index (χ1) is 11.7. The van der Waals surface area contributed by atoms with E-state index in [1.54, 1.807) is 13.8 Å². The van der Waals surface area contributed by atoms with Crippen LogP contribution in [0.3, 0.4) is 0 Å². The molecule has 3 amide bonds. The lowest BCUT2D eigenvalue weighted by Crippen LogP contribution is -2.45. The van der Waals surface area contributed by atoms with E-state index in [9.17, 15) is 22.8 Å². The Morgan fingerprint density at radius 3 is 2.52 bits per heavy atom. The lowest BCUT2D eigenvalue weighted by Gasteiger charge is -2.27. The molecule has 10 heteroatoms. The molecule has 0 radical (unpaired) electrons. The van der Waals surface area contributed by atoms with E-state index in [2.05, 4.69) is 15.7 Å². The predicted octanol–water partition coefficient (Wildman–Crippen LogP) is -0.960. The molecule has 0 bridgehead atoms. The van der Waals surface area contributed by atoms with Gasteiger partial charge in [-0.05, 0) is 6.42 Å². The van der Waals surface area contributed by atoms with Gasteiger partial charge in [0, 0.05) is 31.8 Å². The molecule has 25 heavy (non-hydrogen) atoms. The molecule has 2 aliphatic rings. The van der Waals surface area contributed by atoms with Gasteiger partial charge >= 0.3 is 0 Å². The standard InChI is InChI=1S/C15H24N4O5S/c1-10(2)14(21)16-6-7-17-15(22)12-3-4-13(20)19(18-12)11-5-8-25(23,24)9-11/h10-11H,3-9H2,1-2H3,(H,16,21)(H,17,22). The van der Waals surface area contributed by atoms with Gasteiger partial charge < -0.3 is 10.6 Å². The van der Waals surface area contributed by atoms with E-state index in [1.165, 1.54) is 0 Å². The number of hydrogen-bond donors (Lipinski definition) is 2. The van der Waals surface area contributed by atoms with Crippen molar-refractivity contribution in [2.24, 2.45) is 11.0 Å². The maximum Gasteiger partial charge on any atom is 0.267 e. The fraction of sp³-hybridized carbons (Fsp3) is 0.733. The normalized spacial score (nSPS) is 22.7. The van der Waals surface area contributed by atoms with Crippen molar-refractivity contribution in [1.82, 2.24) is 15.6 Å². The molecule has 0 aromatic heterocycles. The number of nitrogens with one attached hydrogen (secondary N) is 2. The van der Waals surface area contributed by atoms with Crippen molar-refractivity contribution in [3.8, 4) is 0 Å². The molecule has 1 unspecified atom stereocenters. The van der Waals surface area contributed by atoms with Crippen LogP contribution in [0.15, 0.2) is 5.10 Å². The highest BCUT2D eigenvalue weighted by Gasteiger charge is 2.37. The minimum Gasteiger partial charge on any atom is -0.354 e. The van der Waals surface area contributed by atoms with Gasteiger partial charge in [-0.15, -0.1) is 0 Å². The molecule has 9 nitrogen and oxygen atoms in total. The zero-order chi connectivity index (χ0) is 18.6. The van der Waals surface area contributed by atoms with Gasteiger partial charge in [-0.1, -0.05) is 13.8 Å². The molecule has 0 aromatic rings. The molecule has 1 fully saturated rings. The van der Waals surface area contributed by atoms with Gasteiger partial charge in [0.1, 0.15) is 5.71 Å².